The molecule has 0 fully saturated rings. The second kappa shape index (κ2) is 6.27. The van der Waals surface area contributed by atoms with Gasteiger partial charge in [0.2, 0.25) is 0 Å². The van der Waals surface area contributed by atoms with Gasteiger partial charge in [-0.05, 0) is 42.5 Å². The Morgan fingerprint density at radius 3 is 2.44 bits per heavy atom. The predicted octanol–water partition coefficient (Wildman–Crippen LogP) is 3.81. The molecule has 0 unspecified atom stereocenters. The number of imide groups is 1. The van der Waals surface area contributed by atoms with E-state index >= 15 is 0 Å². The number of hydrogen-bond acceptors (Lipinski definition) is 4. The first-order valence-corrected chi connectivity index (χ1v) is 6.96. The van der Waals surface area contributed by atoms with Gasteiger partial charge < -0.3 is 9.73 Å². The van der Waals surface area contributed by atoms with E-state index in [2.05, 4.69) is 15.6 Å². The van der Waals surface area contributed by atoms with Gasteiger partial charge in [-0.25, -0.2) is 9.78 Å². The third-order valence-corrected chi connectivity index (χ3v) is 3.29. The number of halogens is 3. The third kappa shape index (κ3) is 3.77. The third-order valence-electron chi connectivity index (χ3n) is 3.29. The molecule has 3 aromatic rings. The molecule has 9 heteroatoms. The summed E-state index contributed by atoms with van der Waals surface area (Å²) in [5, 5.41) is 4.36. The molecule has 0 aliphatic carbocycles. The smallest absolute Gasteiger partial charge is 0.416 e. The van der Waals surface area contributed by atoms with E-state index in [1.165, 1.54) is 24.6 Å². The fraction of sp³-hybridized carbons (Fsp3) is 0.0625. The van der Waals surface area contributed by atoms with E-state index in [9.17, 15) is 22.8 Å². The van der Waals surface area contributed by atoms with Gasteiger partial charge in [0.1, 0.15) is 5.52 Å². The van der Waals surface area contributed by atoms with Gasteiger partial charge in [-0.2, -0.15) is 13.2 Å². The number of amides is 3. The SMILES string of the molecule is O=C(NC(=O)c1ccc2ocnc2c1)Nc1ccc(C(F)(F)F)cc1. The first-order chi connectivity index (χ1) is 11.8. The fourth-order valence-corrected chi connectivity index (χ4v) is 2.08. The van der Waals surface area contributed by atoms with Crippen molar-refractivity contribution < 1.29 is 27.2 Å². The maximum Gasteiger partial charge on any atom is 0.416 e. The first-order valence-electron chi connectivity index (χ1n) is 6.96. The highest BCUT2D eigenvalue weighted by Gasteiger charge is 2.30. The van der Waals surface area contributed by atoms with Gasteiger partial charge in [0, 0.05) is 11.3 Å². The van der Waals surface area contributed by atoms with Crippen molar-refractivity contribution in [3.05, 3.63) is 60.0 Å². The summed E-state index contributed by atoms with van der Waals surface area (Å²) < 4.78 is 42.5. The molecule has 25 heavy (non-hydrogen) atoms. The van der Waals surface area contributed by atoms with Crippen LogP contribution in [0.3, 0.4) is 0 Å². The molecule has 1 aromatic heterocycles. The molecule has 2 aromatic carbocycles. The van der Waals surface area contributed by atoms with Gasteiger partial charge in [-0.3, -0.25) is 10.1 Å². The number of rotatable bonds is 2. The molecule has 1 heterocycles. The van der Waals surface area contributed by atoms with Crippen LogP contribution in [0, 0.1) is 0 Å². The number of carbonyl (C=O) groups excluding carboxylic acids is 2. The van der Waals surface area contributed by atoms with Crippen molar-refractivity contribution in [1.82, 2.24) is 10.3 Å². The van der Waals surface area contributed by atoms with Crippen molar-refractivity contribution in [2.24, 2.45) is 0 Å². The largest absolute Gasteiger partial charge is 0.443 e. The molecule has 0 bridgehead atoms. The van der Waals surface area contributed by atoms with Crippen LogP contribution in [-0.4, -0.2) is 16.9 Å². The highest BCUT2D eigenvalue weighted by atomic mass is 19.4. The molecule has 0 radical (unpaired) electrons. The average Bonchev–Trinajstić information content (AvgIpc) is 3.01. The molecular weight excluding hydrogens is 339 g/mol. The number of urea groups is 1. The number of carbonyl (C=O) groups is 2. The topological polar surface area (TPSA) is 84.2 Å². The van der Waals surface area contributed by atoms with Crippen molar-refractivity contribution in [2.45, 2.75) is 6.18 Å². The Morgan fingerprint density at radius 1 is 1.04 bits per heavy atom. The zero-order chi connectivity index (χ0) is 18.0. The number of hydrogen-bond donors (Lipinski definition) is 2. The minimum Gasteiger partial charge on any atom is -0.443 e. The Bertz CT molecular complexity index is 933. The van der Waals surface area contributed by atoms with Crippen LogP contribution in [0.1, 0.15) is 15.9 Å². The average molecular weight is 349 g/mol. The second-order valence-electron chi connectivity index (χ2n) is 5.02. The Balaban J connectivity index is 1.64. The Morgan fingerprint density at radius 2 is 1.76 bits per heavy atom. The van der Waals surface area contributed by atoms with Crippen LogP contribution in [0.2, 0.25) is 0 Å². The van der Waals surface area contributed by atoms with E-state index in [-0.39, 0.29) is 11.3 Å². The van der Waals surface area contributed by atoms with Crippen LogP contribution >= 0.6 is 0 Å². The Kier molecular flexibility index (Phi) is 4.14. The molecule has 6 nitrogen and oxygen atoms in total. The summed E-state index contributed by atoms with van der Waals surface area (Å²) >= 11 is 0. The first kappa shape index (κ1) is 16.5. The number of alkyl halides is 3. The lowest BCUT2D eigenvalue weighted by Crippen LogP contribution is -2.34. The van der Waals surface area contributed by atoms with Gasteiger partial charge in [-0.15, -0.1) is 0 Å². The summed E-state index contributed by atoms with van der Waals surface area (Å²) in [5.41, 5.74) is 0.409. The maximum absolute atomic E-state index is 12.5. The quantitative estimate of drug-likeness (QED) is 0.737. The van der Waals surface area contributed by atoms with Gasteiger partial charge >= 0.3 is 12.2 Å². The number of nitrogens with zero attached hydrogens (tertiary/aromatic N) is 1. The summed E-state index contributed by atoms with van der Waals surface area (Å²) in [6.07, 6.45) is -3.24. The minimum atomic E-state index is -4.46. The second-order valence-corrected chi connectivity index (χ2v) is 5.02. The summed E-state index contributed by atoms with van der Waals surface area (Å²) in [7, 11) is 0. The normalized spacial score (nSPS) is 11.3. The minimum absolute atomic E-state index is 0.116. The molecule has 0 aliphatic rings. The number of nitrogens with one attached hydrogen (secondary N) is 2. The maximum atomic E-state index is 12.5. The lowest BCUT2D eigenvalue weighted by Gasteiger charge is -2.09. The molecule has 3 rings (SSSR count). The van der Waals surface area contributed by atoms with E-state index in [1.54, 1.807) is 0 Å². The lowest BCUT2D eigenvalue weighted by molar-refractivity contribution is -0.137. The van der Waals surface area contributed by atoms with Crippen molar-refractivity contribution >= 4 is 28.7 Å². The number of oxazole rings is 1. The van der Waals surface area contributed by atoms with Crippen LogP contribution in [0.25, 0.3) is 11.1 Å². The van der Waals surface area contributed by atoms with E-state index < -0.39 is 23.7 Å². The molecule has 3 amide bonds. The summed E-state index contributed by atoms with van der Waals surface area (Å²) in [6, 6.07) is 7.40. The molecule has 0 saturated carbocycles. The van der Waals surface area contributed by atoms with Crippen LogP contribution in [0.15, 0.2) is 53.3 Å². The lowest BCUT2D eigenvalue weighted by atomic mass is 10.2. The Labute approximate surface area is 138 Å². The summed E-state index contributed by atoms with van der Waals surface area (Å²) in [4.78, 5) is 27.7. The van der Waals surface area contributed by atoms with E-state index in [4.69, 9.17) is 4.42 Å². The predicted molar refractivity (Wildman–Crippen MR) is 81.9 cm³/mol. The van der Waals surface area contributed by atoms with Crippen molar-refractivity contribution in [1.29, 1.82) is 0 Å². The number of fused-ring (bicyclic) bond motifs is 1. The van der Waals surface area contributed by atoms with Gasteiger partial charge in [0.25, 0.3) is 5.91 Å². The highest BCUT2D eigenvalue weighted by Crippen LogP contribution is 2.29. The van der Waals surface area contributed by atoms with Crippen LogP contribution in [0.4, 0.5) is 23.7 Å². The standard InChI is InChI=1S/C16H10F3N3O3/c17-16(18,19)10-2-4-11(5-3-10)21-15(24)22-14(23)9-1-6-13-12(7-9)20-8-25-13/h1-8H,(H2,21,22,23,24). The summed E-state index contributed by atoms with van der Waals surface area (Å²) in [5.74, 6) is -0.686. The van der Waals surface area contributed by atoms with Crippen LogP contribution in [-0.2, 0) is 6.18 Å². The molecule has 0 atom stereocenters. The van der Waals surface area contributed by atoms with Crippen molar-refractivity contribution in [3.63, 3.8) is 0 Å². The fourth-order valence-electron chi connectivity index (χ4n) is 2.08. The molecule has 0 spiro atoms. The molecule has 128 valence electrons. The van der Waals surface area contributed by atoms with E-state index in [0.717, 1.165) is 24.3 Å². The summed E-state index contributed by atoms with van der Waals surface area (Å²) in [6.45, 7) is 0. The van der Waals surface area contributed by atoms with E-state index in [0.29, 0.717) is 11.1 Å². The van der Waals surface area contributed by atoms with Gasteiger partial charge in [-0.1, -0.05) is 0 Å². The van der Waals surface area contributed by atoms with Crippen molar-refractivity contribution in [3.8, 4) is 0 Å². The molecule has 2 N–H and O–H groups in total. The zero-order valence-corrected chi connectivity index (χ0v) is 12.4. The Hall–Kier alpha value is -3.36. The van der Waals surface area contributed by atoms with Crippen LogP contribution < -0.4 is 10.6 Å². The van der Waals surface area contributed by atoms with Crippen molar-refractivity contribution in [2.75, 3.05) is 5.32 Å². The molecule has 0 aliphatic heterocycles. The zero-order valence-electron chi connectivity index (χ0n) is 12.4. The monoisotopic (exact) mass is 349 g/mol. The van der Waals surface area contributed by atoms with Gasteiger partial charge in [0.15, 0.2) is 12.0 Å². The number of anilines is 1. The number of aromatic nitrogens is 1. The van der Waals surface area contributed by atoms with E-state index in [1.807, 2.05) is 0 Å². The van der Waals surface area contributed by atoms with Crippen LogP contribution in [0.5, 0.6) is 0 Å². The van der Waals surface area contributed by atoms with Gasteiger partial charge in [0.05, 0.1) is 5.56 Å². The number of benzene rings is 2. The molecular formula is C16H10F3N3O3. The highest BCUT2D eigenvalue weighted by molar-refractivity contribution is 6.08. The molecule has 0 saturated heterocycles.